The average Bonchev–Trinajstić information content (AvgIpc) is 2.47. The third kappa shape index (κ3) is 2.77. The number of tetrazole rings is 1. The molecule has 0 spiro atoms. The fourth-order valence-electron chi connectivity index (χ4n) is 1.11. The molecule has 1 aromatic heterocycles. The van der Waals surface area contributed by atoms with Gasteiger partial charge in [0.05, 0.1) is 6.04 Å². The first-order valence-electron chi connectivity index (χ1n) is 4.57. The molecule has 0 saturated heterocycles. The van der Waals surface area contributed by atoms with Crippen molar-refractivity contribution in [3.63, 3.8) is 0 Å². The van der Waals surface area contributed by atoms with E-state index in [1.165, 1.54) is 0 Å². The van der Waals surface area contributed by atoms with E-state index >= 15 is 0 Å². The summed E-state index contributed by atoms with van der Waals surface area (Å²) in [6, 6.07) is 0.211. The molecule has 1 aromatic rings. The van der Waals surface area contributed by atoms with Gasteiger partial charge in [-0.05, 0) is 29.8 Å². The fraction of sp³-hybridized carbons (Fsp3) is 0.875. The highest BCUT2D eigenvalue weighted by molar-refractivity contribution is 4.88. The Morgan fingerprint density at radius 1 is 1.38 bits per heavy atom. The lowest BCUT2D eigenvalue weighted by atomic mass is 10.2. The zero-order valence-electron chi connectivity index (χ0n) is 8.65. The van der Waals surface area contributed by atoms with Gasteiger partial charge < -0.3 is 5.32 Å². The minimum Gasteiger partial charge on any atom is -0.307 e. The molecule has 0 amide bonds. The molecule has 0 fully saturated rings. The predicted molar refractivity (Wildman–Crippen MR) is 50.1 cm³/mol. The standard InChI is InChI=1S/C8H17N5/c1-6(2)5-9-7(3)8-10-11-12-13(8)4/h6-7,9H,5H2,1-4H3. The lowest BCUT2D eigenvalue weighted by molar-refractivity contribution is 0.468. The molecule has 1 rings (SSSR count). The summed E-state index contributed by atoms with van der Waals surface area (Å²) in [5, 5.41) is 14.7. The number of nitrogens with one attached hydrogen (secondary N) is 1. The molecule has 0 aromatic carbocycles. The summed E-state index contributed by atoms with van der Waals surface area (Å²) >= 11 is 0. The zero-order valence-corrected chi connectivity index (χ0v) is 8.65. The Kier molecular flexibility index (Phi) is 3.36. The minimum absolute atomic E-state index is 0.211. The first kappa shape index (κ1) is 10.1. The summed E-state index contributed by atoms with van der Waals surface area (Å²) in [6.07, 6.45) is 0. The van der Waals surface area contributed by atoms with Crippen LogP contribution in [0.3, 0.4) is 0 Å². The number of nitrogens with zero attached hydrogens (tertiary/aromatic N) is 4. The van der Waals surface area contributed by atoms with Gasteiger partial charge in [-0.3, -0.25) is 0 Å². The lowest BCUT2D eigenvalue weighted by Gasteiger charge is -2.13. The van der Waals surface area contributed by atoms with Crippen molar-refractivity contribution in [1.29, 1.82) is 0 Å². The number of aryl methyl sites for hydroxylation is 1. The van der Waals surface area contributed by atoms with Gasteiger partial charge in [-0.1, -0.05) is 13.8 Å². The van der Waals surface area contributed by atoms with Crippen molar-refractivity contribution < 1.29 is 0 Å². The van der Waals surface area contributed by atoms with E-state index in [1.54, 1.807) is 4.68 Å². The Labute approximate surface area is 78.5 Å². The zero-order chi connectivity index (χ0) is 9.84. The topological polar surface area (TPSA) is 55.6 Å². The molecule has 0 aliphatic carbocycles. The van der Waals surface area contributed by atoms with Gasteiger partial charge in [0.2, 0.25) is 0 Å². The highest BCUT2D eigenvalue weighted by Crippen LogP contribution is 2.05. The van der Waals surface area contributed by atoms with Crippen LogP contribution in [0.25, 0.3) is 0 Å². The largest absolute Gasteiger partial charge is 0.307 e. The average molecular weight is 183 g/mol. The summed E-state index contributed by atoms with van der Waals surface area (Å²) in [5.41, 5.74) is 0. The predicted octanol–water partition coefficient (Wildman–Crippen LogP) is 0.517. The molecule has 74 valence electrons. The highest BCUT2D eigenvalue weighted by Gasteiger charge is 2.11. The van der Waals surface area contributed by atoms with Crippen LogP contribution in [-0.2, 0) is 7.05 Å². The SMILES string of the molecule is CC(C)CNC(C)c1nnnn1C. The first-order valence-corrected chi connectivity index (χ1v) is 4.57. The summed E-state index contributed by atoms with van der Waals surface area (Å²) in [7, 11) is 1.85. The van der Waals surface area contributed by atoms with Crippen LogP contribution in [0.1, 0.15) is 32.6 Å². The number of aromatic nitrogens is 4. The van der Waals surface area contributed by atoms with Crippen molar-refractivity contribution in [1.82, 2.24) is 25.5 Å². The van der Waals surface area contributed by atoms with E-state index < -0.39 is 0 Å². The van der Waals surface area contributed by atoms with Crippen LogP contribution in [0.4, 0.5) is 0 Å². The Bertz CT molecular complexity index is 255. The number of hydrogen-bond acceptors (Lipinski definition) is 4. The molecule has 5 heteroatoms. The van der Waals surface area contributed by atoms with E-state index in [4.69, 9.17) is 0 Å². The number of rotatable bonds is 4. The van der Waals surface area contributed by atoms with Crippen LogP contribution in [0.2, 0.25) is 0 Å². The van der Waals surface area contributed by atoms with Gasteiger partial charge in [-0.2, -0.15) is 0 Å². The molecule has 5 nitrogen and oxygen atoms in total. The Hall–Kier alpha value is -0.970. The van der Waals surface area contributed by atoms with E-state index in [0.29, 0.717) is 5.92 Å². The van der Waals surface area contributed by atoms with Crippen molar-refractivity contribution in [2.24, 2.45) is 13.0 Å². The second-order valence-electron chi connectivity index (χ2n) is 3.68. The third-order valence-corrected chi connectivity index (χ3v) is 1.87. The van der Waals surface area contributed by atoms with E-state index in [2.05, 4.69) is 41.6 Å². The van der Waals surface area contributed by atoms with Gasteiger partial charge >= 0.3 is 0 Å². The molecule has 1 heterocycles. The normalized spacial score (nSPS) is 13.6. The molecular weight excluding hydrogens is 166 g/mol. The maximum absolute atomic E-state index is 3.93. The third-order valence-electron chi connectivity index (χ3n) is 1.87. The molecule has 0 aliphatic rings. The van der Waals surface area contributed by atoms with Crippen LogP contribution < -0.4 is 5.32 Å². The second kappa shape index (κ2) is 4.32. The Balaban J connectivity index is 2.49. The quantitative estimate of drug-likeness (QED) is 0.739. The maximum Gasteiger partial charge on any atom is 0.167 e. The van der Waals surface area contributed by atoms with Crippen molar-refractivity contribution in [2.75, 3.05) is 6.54 Å². The molecule has 13 heavy (non-hydrogen) atoms. The summed E-state index contributed by atoms with van der Waals surface area (Å²) < 4.78 is 1.69. The van der Waals surface area contributed by atoms with Gasteiger partial charge in [-0.25, -0.2) is 4.68 Å². The fourth-order valence-corrected chi connectivity index (χ4v) is 1.11. The van der Waals surface area contributed by atoms with Crippen LogP contribution in [0, 0.1) is 5.92 Å². The van der Waals surface area contributed by atoms with Crippen molar-refractivity contribution in [3.8, 4) is 0 Å². The molecule has 1 unspecified atom stereocenters. The molecule has 0 saturated carbocycles. The van der Waals surface area contributed by atoms with Gasteiger partial charge in [0.15, 0.2) is 5.82 Å². The summed E-state index contributed by atoms with van der Waals surface area (Å²) in [4.78, 5) is 0. The highest BCUT2D eigenvalue weighted by atomic mass is 15.5. The van der Waals surface area contributed by atoms with Crippen LogP contribution >= 0.6 is 0 Å². The van der Waals surface area contributed by atoms with Crippen molar-refractivity contribution in [2.45, 2.75) is 26.8 Å². The molecule has 1 atom stereocenters. The maximum atomic E-state index is 3.93. The molecule has 0 bridgehead atoms. The summed E-state index contributed by atoms with van der Waals surface area (Å²) in [5.74, 6) is 1.52. The smallest absolute Gasteiger partial charge is 0.167 e. The Morgan fingerprint density at radius 2 is 2.08 bits per heavy atom. The van der Waals surface area contributed by atoms with Crippen LogP contribution in [0.15, 0.2) is 0 Å². The van der Waals surface area contributed by atoms with E-state index in [-0.39, 0.29) is 6.04 Å². The molecular formula is C8H17N5. The van der Waals surface area contributed by atoms with Gasteiger partial charge in [0.1, 0.15) is 0 Å². The minimum atomic E-state index is 0.211. The van der Waals surface area contributed by atoms with Crippen LogP contribution in [0.5, 0.6) is 0 Å². The van der Waals surface area contributed by atoms with Gasteiger partial charge in [-0.15, -0.1) is 5.10 Å². The lowest BCUT2D eigenvalue weighted by Crippen LogP contribution is -2.25. The molecule has 0 radical (unpaired) electrons. The van der Waals surface area contributed by atoms with E-state index in [9.17, 15) is 0 Å². The van der Waals surface area contributed by atoms with E-state index in [0.717, 1.165) is 12.4 Å². The monoisotopic (exact) mass is 183 g/mol. The van der Waals surface area contributed by atoms with Crippen molar-refractivity contribution in [3.05, 3.63) is 5.82 Å². The molecule has 0 aliphatic heterocycles. The van der Waals surface area contributed by atoms with Crippen molar-refractivity contribution >= 4 is 0 Å². The first-order chi connectivity index (χ1) is 6.11. The summed E-state index contributed by atoms with van der Waals surface area (Å²) in [6.45, 7) is 7.39. The van der Waals surface area contributed by atoms with E-state index in [1.807, 2.05) is 7.05 Å². The van der Waals surface area contributed by atoms with Gasteiger partial charge in [0.25, 0.3) is 0 Å². The number of hydrogen-bond donors (Lipinski definition) is 1. The van der Waals surface area contributed by atoms with Crippen LogP contribution in [-0.4, -0.2) is 26.8 Å². The molecule has 1 N–H and O–H groups in total. The Morgan fingerprint density at radius 3 is 2.54 bits per heavy atom. The second-order valence-corrected chi connectivity index (χ2v) is 3.68. The van der Waals surface area contributed by atoms with Gasteiger partial charge in [0, 0.05) is 7.05 Å².